The molecule has 0 aliphatic carbocycles. The van der Waals surface area contributed by atoms with E-state index in [4.69, 9.17) is 4.74 Å². The Hall–Kier alpha value is -1.36. The maximum absolute atomic E-state index is 5.35. The molecule has 0 unspecified atom stereocenters. The van der Waals surface area contributed by atoms with Crippen LogP contribution in [-0.4, -0.2) is 47.7 Å². The summed E-state index contributed by atoms with van der Waals surface area (Å²) in [5.74, 6) is 1.31. The summed E-state index contributed by atoms with van der Waals surface area (Å²) >= 11 is 0. The summed E-state index contributed by atoms with van der Waals surface area (Å²) in [6, 6.07) is 2.26. The molecule has 1 saturated heterocycles. The molecule has 1 fully saturated rings. The van der Waals surface area contributed by atoms with Crippen molar-refractivity contribution in [1.82, 2.24) is 14.9 Å². The van der Waals surface area contributed by atoms with E-state index in [9.17, 15) is 0 Å². The van der Waals surface area contributed by atoms with Crippen molar-refractivity contribution in [2.24, 2.45) is 0 Å². The number of nitrogens with zero attached hydrogens (tertiary/aromatic N) is 3. The number of likely N-dealkylation sites (tertiary alicyclic amines) is 1. The molecule has 0 radical (unpaired) electrons. The first kappa shape index (κ1) is 12.1. The van der Waals surface area contributed by atoms with E-state index in [0.29, 0.717) is 24.5 Å². The van der Waals surface area contributed by atoms with Crippen LogP contribution < -0.4 is 10.1 Å². The third-order valence-electron chi connectivity index (χ3n) is 2.97. The molecule has 1 aliphatic heterocycles. The standard InChI is InChI=1S/C12H20N4O/c1-3-17-11-4-7-13-12(15-11)14-10-5-8-16(2)9-6-10/h4,7,10H,3,5-6,8-9H2,1-2H3,(H,13,14,15). The SMILES string of the molecule is CCOc1ccnc(NC2CCN(C)CC2)n1. The molecule has 0 amide bonds. The predicted octanol–water partition coefficient (Wildman–Crippen LogP) is 1.38. The van der Waals surface area contributed by atoms with Crippen molar-refractivity contribution in [3.05, 3.63) is 12.3 Å². The van der Waals surface area contributed by atoms with Gasteiger partial charge in [0.05, 0.1) is 6.61 Å². The van der Waals surface area contributed by atoms with Crippen LogP contribution in [0.25, 0.3) is 0 Å². The molecule has 2 heterocycles. The summed E-state index contributed by atoms with van der Waals surface area (Å²) in [5.41, 5.74) is 0. The first-order chi connectivity index (χ1) is 8.28. The Bertz CT molecular complexity index is 350. The van der Waals surface area contributed by atoms with Crippen molar-refractivity contribution in [3.8, 4) is 5.88 Å². The van der Waals surface area contributed by atoms with Gasteiger partial charge in [0.25, 0.3) is 0 Å². The Kier molecular flexibility index (Phi) is 4.14. The Morgan fingerprint density at radius 2 is 2.24 bits per heavy atom. The van der Waals surface area contributed by atoms with E-state index in [-0.39, 0.29) is 0 Å². The van der Waals surface area contributed by atoms with Gasteiger partial charge >= 0.3 is 0 Å². The fraction of sp³-hybridized carbons (Fsp3) is 0.667. The highest BCUT2D eigenvalue weighted by Crippen LogP contribution is 2.14. The Balaban J connectivity index is 1.91. The summed E-state index contributed by atoms with van der Waals surface area (Å²) in [4.78, 5) is 10.9. The molecular formula is C12H20N4O. The maximum atomic E-state index is 5.35. The molecule has 94 valence electrons. The lowest BCUT2D eigenvalue weighted by atomic mass is 10.1. The Labute approximate surface area is 102 Å². The number of aromatic nitrogens is 2. The molecule has 0 atom stereocenters. The minimum absolute atomic E-state index is 0.475. The minimum atomic E-state index is 0.475. The van der Waals surface area contributed by atoms with Gasteiger partial charge in [-0.25, -0.2) is 4.98 Å². The Morgan fingerprint density at radius 3 is 2.94 bits per heavy atom. The topological polar surface area (TPSA) is 50.3 Å². The van der Waals surface area contributed by atoms with E-state index < -0.39 is 0 Å². The van der Waals surface area contributed by atoms with E-state index in [1.54, 1.807) is 12.3 Å². The van der Waals surface area contributed by atoms with E-state index in [0.717, 1.165) is 25.9 Å². The highest BCUT2D eigenvalue weighted by molar-refractivity contribution is 5.29. The number of ether oxygens (including phenoxy) is 1. The first-order valence-electron chi connectivity index (χ1n) is 6.19. The number of hydrogen-bond donors (Lipinski definition) is 1. The molecule has 2 rings (SSSR count). The molecule has 5 heteroatoms. The van der Waals surface area contributed by atoms with Crippen LogP contribution in [0.15, 0.2) is 12.3 Å². The van der Waals surface area contributed by atoms with Gasteiger partial charge in [-0.15, -0.1) is 0 Å². The van der Waals surface area contributed by atoms with Crippen LogP contribution in [0, 0.1) is 0 Å². The monoisotopic (exact) mass is 236 g/mol. The van der Waals surface area contributed by atoms with Gasteiger partial charge in [0, 0.05) is 18.3 Å². The van der Waals surface area contributed by atoms with Crippen LogP contribution in [0.4, 0.5) is 5.95 Å². The third-order valence-corrected chi connectivity index (χ3v) is 2.97. The van der Waals surface area contributed by atoms with Gasteiger partial charge in [-0.3, -0.25) is 0 Å². The van der Waals surface area contributed by atoms with Gasteiger partial charge < -0.3 is 15.0 Å². The van der Waals surface area contributed by atoms with Gasteiger partial charge in [-0.2, -0.15) is 4.98 Å². The lowest BCUT2D eigenvalue weighted by Gasteiger charge is -2.29. The molecule has 0 bridgehead atoms. The molecule has 1 aromatic heterocycles. The van der Waals surface area contributed by atoms with E-state index in [1.165, 1.54) is 0 Å². The highest BCUT2D eigenvalue weighted by Gasteiger charge is 2.17. The summed E-state index contributed by atoms with van der Waals surface area (Å²) in [6.07, 6.45) is 4.01. The van der Waals surface area contributed by atoms with E-state index in [1.807, 2.05) is 6.92 Å². The summed E-state index contributed by atoms with van der Waals surface area (Å²) in [7, 11) is 2.16. The highest BCUT2D eigenvalue weighted by atomic mass is 16.5. The summed E-state index contributed by atoms with van der Waals surface area (Å²) in [5, 5.41) is 3.37. The second-order valence-corrected chi connectivity index (χ2v) is 4.37. The predicted molar refractivity (Wildman–Crippen MR) is 67.3 cm³/mol. The van der Waals surface area contributed by atoms with Crippen molar-refractivity contribution in [1.29, 1.82) is 0 Å². The molecule has 0 aromatic carbocycles. The normalized spacial score (nSPS) is 18.0. The van der Waals surface area contributed by atoms with Crippen molar-refractivity contribution in [2.45, 2.75) is 25.8 Å². The van der Waals surface area contributed by atoms with E-state index in [2.05, 4.69) is 27.2 Å². The number of piperidine rings is 1. The molecule has 1 aliphatic rings. The van der Waals surface area contributed by atoms with Crippen LogP contribution in [0.3, 0.4) is 0 Å². The van der Waals surface area contributed by atoms with Crippen LogP contribution >= 0.6 is 0 Å². The summed E-state index contributed by atoms with van der Waals surface area (Å²) in [6.45, 7) is 4.84. The van der Waals surface area contributed by atoms with Gasteiger partial charge in [0.1, 0.15) is 0 Å². The van der Waals surface area contributed by atoms with Crippen molar-refractivity contribution in [2.75, 3.05) is 32.1 Å². The zero-order chi connectivity index (χ0) is 12.1. The number of hydrogen-bond acceptors (Lipinski definition) is 5. The van der Waals surface area contributed by atoms with Crippen molar-refractivity contribution >= 4 is 5.95 Å². The zero-order valence-corrected chi connectivity index (χ0v) is 10.5. The van der Waals surface area contributed by atoms with Crippen molar-refractivity contribution < 1.29 is 4.74 Å². The summed E-state index contributed by atoms with van der Waals surface area (Å²) < 4.78 is 5.35. The fourth-order valence-corrected chi connectivity index (χ4v) is 1.98. The average molecular weight is 236 g/mol. The van der Waals surface area contributed by atoms with Crippen molar-refractivity contribution in [3.63, 3.8) is 0 Å². The molecule has 1 N–H and O–H groups in total. The molecule has 1 aromatic rings. The molecule has 0 saturated carbocycles. The van der Waals surface area contributed by atoms with Crippen LogP contribution in [0.2, 0.25) is 0 Å². The van der Waals surface area contributed by atoms with Crippen LogP contribution in [0.5, 0.6) is 5.88 Å². The first-order valence-corrected chi connectivity index (χ1v) is 6.19. The fourth-order valence-electron chi connectivity index (χ4n) is 1.98. The number of anilines is 1. The third kappa shape index (κ3) is 3.56. The minimum Gasteiger partial charge on any atom is -0.478 e. The second kappa shape index (κ2) is 5.82. The molecule has 0 spiro atoms. The quantitative estimate of drug-likeness (QED) is 0.856. The Morgan fingerprint density at radius 1 is 1.47 bits per heavy atom. The van der Waals surface area contributed by atoms with E-state index >= 15 is 0 Å². The molecular weight excluding hydrogens is 216 g/mol. The average Bonchev–Trinajstić information content (AvgIpc) is 2.33. The lowest BCUT2D eigenvalue weighted by Crippen LogP contribution is -2.37. The van der Waals surface area contributed by atoms with Gasteiger partial charge in [-0.1, -0.05) is 0 Å². The van der Waals surface area contributed by atoms with Gasteiger partial charge in [-0.05, 0) is 39.9 Å². The molecule has 5 nitrogen and oxygen atoms in total. The second-order valence-electron chi connectivity index (χ2n) is 4.37. The smallest absolute Gasteiger partial charge is 0.226 e. The maximum Gasteiger partial charge on any atom is 0.226 e. The molecule has 17 heavy (non-hydrogen) atoms. The van der Waals surface area contributed by atoms with Gasteiger partial charge in [0.15, 0.2) is 0 Å². The van der Waals surface area contributed by atoms with Crippen LogP contribution in [0.1, 0.15) is 19.8 Å². The van der Waals surface area contributed by atoms with Gasteiger partial charge in [0.2, 0.25) is 11.8 Å². The lowest BCUT2D eigenvalue weighted by molar-refractivity contribution is 0.263. The number of nitrogens with one attached hydrogen (secondary N) is 1. The largest absolute Gasteiger partial charge is 0.478 e. The van der Waals surface area contributed by atoms with Crippen LogP contribution in [-0.2, 0) is 0 Å². The zero-order valence-electron chi connectivity index (χ0n) is 10.5. The number of rotatable bonds is 4.